The smallest absolute Gasteiger partial charge is 0.333 e. The first-order chi connectivity index (χ1) is 7.72. The molecule has 0 aromatic heterocycles. The maximum Gasteiger partial charge on any atom is 0.333 e. The fourth-order valence-electron chi connectivity index (χ4n) is 2.22. The van der Waals surface area contributed by atoms with E-state index in [9.17, 15) is 4.79 Å². The van der Waals surface area contributed by atoms with E-state index in [2.05, 4.69) is 10.1 Å². The third-order valence-corrected chi connectivity index (χ3v) is 3.53. The molecule has 0 radical (unpaired) electrons. The molecule has 2 saturated carbocycles. The Hall–Kier alpha value is -0.830. The molecule has 0 heterocycles. The molecule has 2 fully saturated rings. The minimum absolute atomic E-state index is 0.226. The van der Waals surface area contributed by atoms with Crippen LogP contribution in [0.25, 0.3) is 0 Å². The zero-order chi connectivity index (χ0) is 11.5. The summed E-state index contributed by atoms with van der Waals surface area (Å²) in [5.74, 6) is 1.58. The van der Waals surface area contributed by atoms with Crippen LogP contribution in [0, 0.1) is 11.8 Å². The number of hydrogen-bond donors (Lipinski definition) is 1. The quantitative estimate of drug-likeness (QED) is 0.552. The van der Waals surface area contributed by atoms with Crippen molar-refractivity contribution in [3.8, 4) is 0 Å². The van der Waals surface area contributed by atoms with Gasteiger partial charge >= 0.3 is 5.97 Å². The number of nitrogens with one attached hydrogen (secondary N) is 1. The van der Waals surface area contributed by atoms with Crippen molar-refractivity contribution in [2.75, 3.05) is 13.7 Å². The second kappa shape index (κ2) is 5.00. The molecule has 0 spiro atoms. The number of rotatable bonds is 6. The molecule has 3 nitrogen and oxygen atoms in total. The SMILES string of the molecule is COC(=O)C(C)=CCNC(C1CC1)C1CC1. The van der Waals surface area contributed by atoms with Gasteiger partial charge in [0.15, 0.2) is 0 Å². The first-order valence-electron chi connectivity index (χ1n) is 6.21. The van der Waals surface area contributed by atoms with Crippen LogP contribution < -0.4 is 5.32 Å². The van der Waals surface area contributed by atoms with Crippen LogP contribution in [0.5, 0.6) is 0 Å². The van der Waals surface area contributed by atoms with Crippen molar-refractivity contribution < 1.29 is 9.53 Å². The zero-order valence-corrected chi connectivity index (χ0v) is 10.2. The minimum atomic E-state index is -0.226. The Morgan fingerprint density at radius 3 is 2.38 bits per heavy atom. The van der Waals surface area contributed by atoms with Crippen molar-refractivity contribution in [3.05, 3.63) is 11.6 Å². The monoisotopic (exact) mass is 223 g/mol. The maximum atomic E-state index is 11.2. The van der Waals surface area contributed by atoms with Crippen LogP contribution in [0.4, 0.5) is 0 Å². The summed E-state index contributed by atoms with van der Waals surface area (Å²) in [6.45, 7) is 2.59. The van der Waals surface area contributed by atoms with Crippen LogP contribution in [-0.2, 0) is 9.53 Å². The first-order valence-corrected chi connectivity index (χ1v) is 6.21. The third kappa shape index (κ3) is 3.08. The van der Waals surface area contributed by atoms with Crippen LogP contribution >= 0.6 is 0 Å². The molecule has 16 heavy (non-hydrogen) atoms. The van der Waals surface area contributed by atoms with Gasteiger partial charge in [0.05, 0.1) is 7.11 Å². The molecule has 0 aromatic rings. The van der Waals surface area contributed by atoms with Crippen LogP contribution in [0.1, 0.15) is 32.6 Å². The average Bonchev–Trinajstić information content (AvgIpc) is 3.15. The normalized spacial score (nSPS) is 21.3. The highest BCUT2D eigenvalue weighted by atomic mass is 16.5. The minimum Gasteiger partial charge on any atom is -0.466 e. The largest absolute Gasteiger partial charge is 0.466 e. The molecule has 2 aliphatic rings. The van der Waals surface area contributed by atoms with Gasteiger partial charge in [0, 0.05) is 18.2 Å². The number of ether oxygens (including phenoxy) is 1. The van der Waals surface area contributed by atoms with E-state index in [0.717, 1.165) is 18.4 Å². The Bertz CT molecular complexity index is 278. The highest BCUT2D eigenvalue weighted by Crippen LogP contribution is 2.44. The van der Waals surface area contributed by atoms with Gasteiger partial charge in [-0.25, -0.2) is 4.79 Å². The zero-order valence-electron chi connectivity index (χ0n) is 10.2. The number of esters is 1. The van der Waals surface area contributed by atoms with Crippen molar-refractivity contribution in [1.29, 1.82) is 0 Å². The summed E-state index contributed by atoms with van der Waals surface area (Å²) in [5, 5.41) is 3.57. The second-order valence-corrected chi connectivity index (χ2v) is 4.99. The molecule has 0 amide bonds. The van der Waals surface area contributed by atoms with Gasteiger partial charge in [0.2, 0.25) is 0 Å². The average molecular weight is 223 g/mol. The predicted octanol–water partition coefficient (Wildman–Crippen LogP) is 1.88. The molecule has 0 aliphatic heterocycles. The van der Waals surface area contributed by atoms with Gasteiger partial charge in [-0.3, -0.25) is 0 Å². The van der Waals surface area contributed by atoms with Gasteiger partial charge in [-0.05, 0) is 44.4 Å². The fraction of sp³-hybridized carbons (Fsp3) is 0.769. The number of carbonyl (C=O) groups is 1. The van der Waals surface area contributed by atoms with Crippen molar-refractivity contribution in [2.45, 2.75) is 38.6 Å². The summed E-state index contributed by atoms with van der Waals surface area (Å²) in [4.78, 5) is 11.2. The lowest BCUT2D eigenvalue weighted by Gasteiger charge is -2.16. The lowest BCUT2D eigenvalue weighted by atomic mass is 10.1. The predicted molar refractivity (Wildman–Crippen MR) is 63.0 cm³/mol. The van der Waals surface area contributed by atoms with Gasteiger partial charge in [0.25, 0.3) is 0 Å². The van der Waals surface area contributed by atoms with Crippen LogP contribution in [0.15, 0.2) is 11.6 Å². The molecular formula is C13H21NO2. The number of carbonyl (C=O) groups excluding carboxylic acids is 1. The van der Waals surface area contributed by atoms with Crippen LogP contribution in [0.3, 0.4) is 0 Å². The standard InChI is InChI=1S/C13H21NO2/c1-9(13(15)16-2)7-8-14-12(10-3-4-10)11-5-6-11/h7,10-12,14H,3-6,8H2,1-2H3. The van der Waals surface area contributed by atoms with Crippen LogP contribution in [0.2, 0.25) is 0 Å². The highest BCUT2D eigenvalue weighted by molar-refractivity contribution is 5.87. The Balaban J connectivity index is 1.75. The first kappa shape index (κ1) is 11.6. The van der Waals surface area contributed by atoms with E-state index in [1.54, 1.807) is 6.92 Å². The number of methoxy groups -OCH3 is 1. The van der Waals surface area contributed by atoms with E-state index in [4.69, 9.17) is 0 Å². The third-order valence-electron chi connectivity index (χ3n) is 3.53. The van der Waals surface area contributed by atoms with E-state index in [-0.39, 0.29) is 5.97 Å². The number of hydrogen-bond acceptors (Lipinski definition) is 3. The molecule has 0 unspecified atom stereocenters. The van der Waals surface area contributed by atoms with E-state index in [1.807, 2.05) is 6.08 Å². The summed E-state index contributed by atoms with van der Waals surface area (Å²) in [6, 6.07) is 0.696. The molecule has 3 heteroatoms. The van der Waals surface area contributed by atoms with Crippen molar-refractivity contribution in [3.63, 3.8) is 0 Å². The molecule has 2 rings (SSSR count). The van der Waals surface area contributed by atoms with Gasteiger partial charge in [-0.1, -0.05) is 6.08 Å². The molecule has 0 bridgehead atoms. The summed E-state index contributed by atoms with van der Waals surface area (Å²) >= 11 is 0. The summed E-state index contributed by atoms with van der Waals surface area (Å²) in [5.41, 5.74) is 0.695. The van der Waals surface area contributed by atoms with E-state index >= 15 is 0 Å². The van der Waals surface area contributed by atoms with Crippen molar-refractivity contribution >= 4 is 5.97 Å². The molecule has 0 saturated heterocycles. The Kier molecular flexibility index (Phi) is 3.64. The Morgan fingerprint density at radius 2 is 1.94 bits per heavy atom. The highest BCUT2D eigenvalue weighted by Gasteiger charge is 2.40. The fourth-order valence-corrected chi connectivity index (χ4v) is 2.22. The molecule has 0 aromatic carbocycles. The molecule has 2 aliphatic carbocycles. The van der Waals surface area contributed by atoms with Gasteiger partial charge in [0.1, 0.15) is 0 Å². The van der Waals surface area contributed by atoms with Crippen LogP contribution in [-0.4, -0.2) is 25.7 Å². The van der Waals surface area contributed by atoms with E-state index in [1.165, 1.54) is 32.8 Å². The molecule has 1 N–H and O–H groups in total. The van der Waals surface area contributed by atoms with Crippen molar-refractivity contribution in [1.82, 2.24) is 5.32 Å². The summed E-state index contributed by atoms with van der Waals surface area (Å²) in [6.07, 6.45) is 7.47. The maximum absolute atomic E-state index is 11.2. The lowest BCUT2D eigenvalue weighted by Crippen LogP contribution is -2.33. The lowest BCUT2D eigenvalue weighted by molar-refractivity contribution is -0.136. The van der Waals surface area contributed by atoms with E-state index in [0.29, 0.717) is 11.6 Å². The molecule has 0 atom stereocenters. The topological polar surface area (TPSA) is 38.3 Å². The molecular weight excluding hydrogens is 202 g/mol. The second-order valence-electron chi connectivity index (χ2n) is 4.99. The Labute approximate surface area is 97.2 Å². The summed E-state index contributed by atoms with van der Waals surface area (Å²) in [7, 11) is 1.42. The van der Waals surface area contributed by atoms with Gasteiger partial charge in [-0.15, -0.1) is 0 Å². The van der Waals surface area contributed by atoms with E-state index < -0.39 is 0 Å². The Morgan fingerprint density at radius 1 is 1.38 bits per heavy atom. The van der Waals surface area contributed by atoms with Gasteiger partial charge in [-0.2, -0.15) is 0 Å². The van der Waals surface area contributed by atoms with Gasteiger partial charge < -0.3 is 10.1 Å². The summed E-state index contributed by atoms with van der Waals surface area (Å²) < 4.78 is 4.65. The van der Waals surface area contributed by atoms with Crippen molar-refractivity contribution in [2.24, 2.45) is 11.8 Å². The molecule has 90 valence electrons.